The quantitative estimate of drug-likeness (QED) is 0.791. The summed E-state index contributed by atoms with van der Waals surface area (Å²) in [5.74, 6) is 2.64. The predicted molar refractivity (Wildman–Crippen MR) is 74.3 cm³/mol. The van der Waals surface area contributed by atoms with Crippen LogP contribution in [0.5, 0.6) is 0 Å². The van der Waals surface area contributed by atoms with Crippen LogP contribution in [0.15, 0.2) is 0 Å². The molecule has 1 aliphatic carbocycles. The predicted octanol–water partition coefficient (Wildman–Crippen LogP) is 2.17. The Balaban J connectivity index is 1.80. The van der Waals surface area contributed by atoms with Crippen LogP contribution in [0.3, 0.4) is 0 Å². The average molecular weight is 252 g/mol. The van der Waals surface area contributed by atoms with Gasteiger partial charge in [0.15, 0.2) is 0 Å². The van der Waals surface area contributed by atoms with Gasteiger partial charge < -0.3 is 10.6 Å². The van der Waals surface area contributed by atoms with Gasteiger partial charge in [-0.15, -0.1) is 0 Å². The second-order valence-corrected chi connectivity index (χ2v) is 6.67. The highest BCUT2D eigenvalue weighted by Crippen LogP contribution is 2.29. The topological polar surface area (TPSA) is 41.1 Å². The maximum atomic E-state index is 12.2. The van der Waals surface area contributed by atoms with Gasteiger partial charge in [-0.2, -0.15) is 0 Å². The van der Waals surface area contributed by atoms with Crippen molar-refractivity contribution in [3.63, 3.8) is 0 Å². The maximum absolute atomic E-state index is 12.2. The van der Waals surface area contributed by atoms with Crippen molar-refractivity contribution >= 4 is 5.91 Å². The summed E-state index contributed by atoms with van der Waals surface area (Å²) >= 11 is 0. The first kappa shape index (κ1) is 13.9. The molecule has 1 saturated carbocycles. The molecule has 0 aromatic rings. The lowest BCUT2D eigenvalue weighted by atomic mass is 9.79. The molecule has 1 amide bonds. The van der Waals surface area contributed by atoms with Crippen molar-refractivity contribution in [1.82, 2.24) is 10.6 Å². The maximum Gasteiger partial charge on any atom is 0.224 e. The van der Waals surface area contributed by atoms with Crippen molar-refractivity contribution in [3.05, 3.63) is 0 Å². The average Bonchev–Trinajstić information content (AvgIpc) is 2.34. The minimum atomic E-state index is 0.184. The van der Waals surface area contributed by atoms with Crippen LogP contribution < -0.4 is 10.6 Å². The van der Waals surface area contributed by atoms with Crippen molar-refractivity contribution in [2.24, 2.45) is 23.7 Å². The van der Waals surface area contributed by atoms with Gasteiger partial charge in [-0.3, -0.25) is 4.79 Å². The Kier molecular flexibility index (Phi) is 4.66. The van der Waals surface area contributed by atoms with Gasteiger partial charge in [-0.1, -0.05) is 20.8 Å². The number of carbonyl (C=O) groups is 1. The summed E-state index contributed by atoms with van der Waals surface area (Å²) in [6.07, 6.45) is 4.61. The van der Waals surface area contributed by atoms with Crippen LogP contribution in [0.4, 0.5) is 0 Å². The highest BCUT2D eigenvalue weighted by molar-refractivity contribution is 5.79. The Labute approximate surface area is 111 Å². The van der Waals surface area contributed by atoms with E-state index in [1.165, 1.54) is 6.42 Å². The Morgan fingerprint density at radius 2 is 1.83 bits per heavy atom. The smallest absolute Gasteiger partial charge is 0.224 e. The number of hydrogen-bond donors (Lipinski definition) is 2. The van der Waals surface area contributed by atoms with E-state index in [-0.39, 0.29) is 11.8 Å². The Morgan fingerprint density at radius 1 is 1.06 bits per heavy atom. The molecule has 2 N–H and O–H groups in total. The molecule has 1 saturated heterocycles. The lowest BCUT2D eigenvalue weighted by Crippen LogP contribution is -2.47. The summed E-state index contributed by atoms with van der Waals surface area (Å²) in [7, 11) is 0. The van der Waals surface area contributed by atoms with E-state index >= 15 is 0 Å². The van der Waals surface area contributed by atoms with Gasteiger partial charge in [0.25, 0.3) is 0 Å². The van der Waals surface area contributed by atoms with Gasteiger partial charge in [0.1, 0.15) is 0 Å². The Bertz CT molecular complexity index is 292. The van der Waals surface area contributed by atoms with E-state index in [0.29, 0.717) is 12.0 Å². The van der Waals surface area contributed by atoms with Gasteiger partial charge >= 0.3 is 0 Å². The number of rotatable bonds is 2. The number of amides is 1. The molecular weight excluding hydrogens is 224 g/mol. The van der Waals surface area contributed by atoms with Crippen LogP contribution in [0.2, 0.25) is 0 Å². The molecule has 3 heteroatoms. The van der Waals surface area contributed by atoms with Gasteiger partial charge in [-0.05, 0) is 50.0 Å². The highest BCUT2D eigenvalue weighted by atomic mass is 16.2. The van der Waals surface area contributed by atoms with Gasteiger partial charge in [-0.25, -0.2) is 0 Å². The van der Waals surface area contributed by atoms with E-state index < -0.39 is 0 Å². The molecule has 2 rings (SSSR count). The standard InChI is InChI=1S/C15H28N2O/c1-10-6-13(9-16-8-10)15(18)17-14-5-4-11(2)12(3)7-14/h10-14,16H,4-9H2,1-3H3,(H,17,18). The molecule has 1 heterocycles. The molecule has 1 aliphatic heterocycles. The molecular formula is C15H28N2O. The zero-order chi connectivity index (χ0) is 13.1. The van der Waals surface area contributed by atoms with E-state index in [0.717, 1.165) is 44.2 Å². The fourth-order valence-corrected chi connectivity index (χ4v) is 3.35. The molecule has 2 fully saturated rings. The minimum Gasteiger partial charge on any atom is -0.353 e. The normalized spacial score (nSPS) is 41.4. The van der Waals surface area contributed by atoms with Crippen LogP contribution >= 0.6 is 0 Å². The first-order chi connectivity index (χ1) is 8.56. The monoisotopic (exact) mass is 252 g/mol. The lowest BCUT2D eigenvalue weighted by Gasteiger charge is -2.34. The summed E-state index contributed by atoms with van der Waals surface area (Å²) in [4.78, 5) is 12.2. The van der Waals surface area contributed by atoms with Crippen LogP contribution in [-0.4, -0.2) is 25.0 Å². The van der Waals surface area contributed by atoms with Crippen LogP contribution in [0.1, 0.15) is 46.5 Å². The zero-order valence-electron chi connectivity index (χ0n) is 12.0. The third-order valence-electron chi connectivity index (χ3n) is 4.89. The van der Waals surface area contributed by atoms with Gasteiger partial charge in [0.2, 0.25) is 5.91 Å². The van der Waals surface area contributed by atoms with E-state index in [4.69, 9.17) is 0 Å². The molecule has 0 aromatic heterocycles. The first-order valence-electron chi connectivity index (χ1n) is 7.57. The zero-order valence-corrected chi connectivity index (χ0v) is 12.0. The molecule has 0 aromatic carbocycles. The summed E-state index contributed by atoms with van der Waals surface area (Å²) in [5, 5.41) is 6.64. The van der Waals surface area contributed by atoms with Crippen LogP contribution in [-0.2, 0) is 4.79 Å². The van der Waals surface area contributed by atoms with Crippen LogP contribution in [0, 0.1) is 23.7 Å². The van der Waals surface area contributed by atoms with Crippen molar-refractivity contribution in [2.45, 2.75) is 52.5 Å². The lowest BCUT2D eigenvalue weighted by molar-refractivity contribution is -0.127. The molecule has 3 nitrogen and oxygen atoms in total. The summed E-state index contributed by atoms with van der Waals surface area (Å²) in [6.45, 7) is 8.77. The highest BCUT2D eigenvalue weighted by Gasteiger charge is 2.29. The van der Waals surface area contributed by atoms with E-state index in [1.54, 1.807) is 0 Å². The molecule has 18 heavy (non-hydrogen) atoms. The van der Waals surface area contributed by atoms with Crippen molar-refractivity contribution in [1.29, 1.82) is 0 Å². The summed E-state index contributed by atoms with van der Waals surface area (Å²) in [6, 6.07) is 0.418. The van der Waals surface area contributed by atoms with E-state index in [2.05, 4.69) is 31.4 Å². The van der Waals surface area contributed by atoms with Gasteiger partial charge in [0, 0.05) is 12.6 Å². The van der Waals surface area contributed by atoms with Gasteiger partial charge in [0.05, 0.1) is 5.92 Å². The fourth-order valence-electron chi connectivity index (χ4n) is 3.35. The molecule has 0 radical (unpaired) electrons. The molecule has 104 valence electrons. The molecule has 0 bridgehead atoms. The minimum absolute atomic E-state index is 0.184. The number of carbonyl (C=O) groups excluding carboxylic acids is 1. The third-order valence-corrected chi connectivity index (χ3v) is 4.89. The van der Waals surface area contributed by atoms with Crippen molar-refractivity contribution < 1.29 is 4.79 Å². The number of piperidine rings is 1. The van der Waals surface area contributed by atoms with Crippen molar-refractivity contribution in [2.75, 3.05) is 13.1 Å². The second-order valence-electron chi connectivity index (χ2n) is 6.67. The SMILES string of the molecule is CC1CNCC(C(=O)NC2CCC(C)C(C)C2)C1. The van der Waals surface area contributed by atoms with Crippen molar-refractivity contribution in [3.8, 4) is 0 Å². The largest absolute Gasteiger partial charge is 0.353 e. The molecule has 5 unspecified atom stereocenters. The summed E-state index contributed by atoms with van der Waals surface area (Å²) < 4.78 is 0. The number of nitrogens with one attached hydrogen (secondary N) is 2. The Morgan fingerprint density at radius 3 is 2.50 bits per heavy atom. The molecule has 2 aliphatic rings. The van der Waals surface area contributed by atoms with Crippen LogP contribution in [0.25, 0.3) is 0 Å². The second kappa shape index (κ2) is 6.05. The van der Waals surface area contributed by atoms with E-state index in [1.807, 2.05) is 0 Å². The molecule has 5 atom stereocenters. The fraction of sp³-hybridized carbons (Fsp3) is 0.933. The third kappa shape index (κ3) is 3.47. The Hall–Kier alpha value is -0.570. The number of hydrogen-bond acceptors (Lipinski definition) is 2. The first-order valence-corrected chi connectivity index (χ1v) is 7.57. The van der Waals surface area contributed by atoms with E-state index in [9.17, 15) is 4.79 Å². The molecule has 0 spiro atoms. The summed E-state index contributed by atoms with van der Waals surface area (Å²) in [5.41, 5.74) is 0.